The Bertz CT molecular complexity index is 628. The number of rotatable bonds is 2. The van der Waals surface area contributed by atoms with E-state index in [1.165, 1.54) is 22.5 Å². The Labute approximate surface area is 130 Å². The van der Waals surface area contributed by atoms with E-state index in [2.05, 4.69) is 5.32 Å². The minimum Gasteiger partial charge on any atom is -0.314 e. The third-order valence-corrected chi connectivity index (χ3v) is 5.43. The van der Waals surface area contributed by atoms with Crippen molar-refractivity contribution in [3.05, 3.63) is 28.8 Å². The van der Waals surface area contributed by atoms with Gasteiger partial charge in [0.1, 0.15) is 6.07 Å². The van der Waals surface area contributed by atoms with Crippen LogP contribution in [0.1, 0.15) is 12.5 Å². The van der Waals surface area contributed by atoms with Crippen LogP contribution in [0.2, 0.25) is 5.02 Å². The lowest BCUT2D eigenvalue weighted by Gasteiger charge is -2.32. The smallest absolute Gasteiger partial charge is 0.243 e. The summed E-state index contributed by atoms with van der Waals surface area (Å²) in [5.74, 6) is 0. The van der Waals surface area contributed by atoms with Crippen LogP contribution in [0.5, 0.6) is 0 Å². The van der Waals surface area contributed by atoms with E-state index in [1.54, 1.807) is 0 Å². The molecule has 1 aliphatic rings. The van der Waals surface area contributed by atoms with E-state index in [9.17, 15) is 8.42 Å². The summed E-state index contributed by atoms with van der Waals surface area (Å²) in [6.07, 6.45) is 0. The first-order valence-electron chi connectivity index (χ1n) is 5.89. The van der Waals surface area contributed by atoms with Crippen molar-refractivity contribution in [3.63, 3.8) is 0 Å². The number of halogens is 2. The molecule has 5 nitrogen and oxygen atoms in total. The van der Waals surface area contributed by atoms with E-state index in [0.29, 0.717) is 19.6 Å². The van der Waals surface area contributed by atoms with Gasteiger partial charge in [0, 0.05) is 25.7 Å². The molecule has 1 saturated heterocycles. The van der Waals surface area contributed by atoms with Crippen molar-refractivity contribution >= 4 is 34.0 Å². The van der Waals surface area contributed by atoms with Crippen LogP contribution in [0.4, 0.5) is 0 Å². The van der Waals surface area contributed by atoms with Crippen molar-refractivity contribution in [2.45, 2.75) is 17.9 Å². The first-order chi connectivity index (χ1) is 8.96. The molecule has 0 bridgehead atoms. The second kappa shape index (κ2) is 6.74. The zero-order valence-electron chi connectivity index (χ0n) is 10.8. The quantitative estimate of drug-likeness (QED) is 0.891. The number of nitrogens with zero attached hydrogens (tertiary/aromatic N) is 2. The second-order valence-electron chi connectivity index (χ2n) is 4.42. The van der Waals surface area contributed by atoms with E-state index in [0.717, 1.165) is 0 Å². The minimum absolute atomic E-state index is 0. The van der Waals surface area contributed by atoms with Gasteiger partial charge in [0.2, 0.25) is 10.0 Å². The monoisotopic (exact) mass is 335 g/mol. The van der Waals surface area contributed by atoms with Gasteiger partial charge in [0.25, 0.3) is 0 Å². The van der Waals surface area contributed by atoms with Gasteiger partial charge >= 0.3 is 0 Å². The highest BCUT2D eigenvalue weighted by Crippen LogP contribution is 2.24. The lowest BCUT2D eigenvalue weighted by molar-refractivity contribution is 0.284. The fourth-order valence-corrected chi connectivity index (χ4v) is 4.01. The molecule has 20 heavy (non-hydrogen) atoms. The Morgan fingerprint density at radius 3 is 2.75 bits per heavy atom. The number of benzene rings is 1. The molecule has 0 aromatic heterocycles. The molecule has 0 radical (unpaired) electrons. The van der Waals surface area contributed by atoms with Crippen LogP contribution >= 0.6 is 24.0 Å². The zero-order valence-corrected chi connectivity index (χ0v) is 13.2. The summed E-state index contributed by atoms with van der Waals surface area (Å²) in [4.78, 5) is 0.130. The summed E-state index contributed by atoms with van der Waals surface area (Å²) >= 11 is 5.89. The average molecular weight is 336 g/mol. The van der Waals surface area contributed by atoms with Gasteiger partial charge in [0.15, 0.2) is 0 Å². The first-order valence-corrected chi connectivity index (χ1v) is 7.71. The van der Waals surface area contributed by atoms with Crippen LogP contribution in [0.3, 0.4) is 0 Å². The van der Waals surface area contributed by atoms with Gasteiger partial charge in [-0.25, -0.2) is 8.42 Å². The van der Waals surface area contributed by atoms with Crippen LogP contribution in [0.25, 0.3) is 0 Å². The van der Waals surface area contributed by atoms with Crippen molar-refractivity contribution in [2.75, 3.05) is 19.6 Å². The third kappa shape index (κ3) is 3.25. The Kier molecular flexibility index (Phi) is 5.80. The predicted molar refractivity (Wildman–Crippen MR) is 79.6 cm³/mol. The van der Waals surface area contributed by atoms with E-state index < -0.39 is 10.0 Å². The highest BCUT2D eigenvalue weighted by atomic mass is 35.5. The fraction of sp³-hybridized carbons (Fsp3) is 0.417. The van der Waals surface area contributed by atoms with Crippen molar-refractivity contribution in [2.24, 2.45) is 0 Å². The van der Waals surface area contributed by atoms with Crippen LogP contribution in [-0.4, -0.2) is 38.4 Å². The Morgan fingerprint density at radius 1 is 1.50 bits per heavy atom. The molecule has 1 aliphatic heterocycles. The van der Waals surface area contributed by atoms with E-state index >= 15 is 0 Å². The van der Waals surface area contributed by atoms with Gasteiger partial charge < -0.3 is 5.32 Å². The fourth-order valence-electron chi connectivity index (χ4n) is 2.06. The van der Waals surface area contributed by atoms with Gasteiger partial charge in [-0.15, -0.1) is 12.4 Å². The Hall–Kier alpha value is -0.840. The average Bonchev–Trinajstić information content (AvgIpc) is 2.39. The molecular formula is C12H15Cl2N3O2S. The molecule has 1 atom stereocenters. The lowest BCUT2D eigenvalue weighted by atomic mass is 10.2. The van der Waals surface area contributed by atoms with E-state index in [4.69, 9.17) is 16.9 Å². The summed E-state index contributed by atoms with van der Waals surface area (Å²) in [6.45, 7) is 3.55. The summed E-state index contributed by atoms with van der Waals surface area (Å²) < 4.78 is 26.5. The molecule has 1 aromatic carbocycles. The van der Waals surface area contributed by atoms with Crippen molar-refractivity contribution < 1.29 is 8.42 Å². The highest BCUT2D eigenvalue weighted by molar-refractivity contribution is 7.89. The van der Waals surface area contributed by atoms with Crippen molar-refractivity contribution in [1.29, 1.82) is 5.26 Å². The van der Waals surface area contributed by atoms with Gasteiger partial charge in [-0.3, -0.25) is 0 Å². The zero-order chi connectivity index (χ0) is 14.0. The standard InChI is InChI=1S/C12H14ClN3O2S.ClH/c1-9-8-15-4-5-16(9)19(17,18)11-3-2-10(7-14)12(13)6-11;/h2-3,6,9,15H,4-5,8H2,1H3;1H/t9-;/m1./s1. The molecule has 1 aromatic rings. The number of hydrogen-bond acceptors (Lipinski definition) is 4. The molecule has 0 saturated carbocycles. The SMILES string of the molecule is C[C@@H]1CNCCN1S(=O)(=O)c1ccc(C#N)c(Cl)c1.Cl. The van der Waals surface area contributed by atoms with Gasteiger partial charge in [0.05, 0.1) is 15.5 Å². The molecule has 1 fully saturated rings. The van der Waals surface area contributed by atoms with Crippen LogP contribution in [0, 0.1) is 11.3 Å². The molecule has 0 amide bonds. The molecule has 1 heterocycles. The molecule has 1 N–H and O–H groups in total. The summed E-state index contributed by atoms with van der Waals surface area (Å²) in [5.41, 5.74) is 0.272. The van der Waals surface area contributed by atoms with Crippen LogP contribution < -0.4 is 5.32 Å². The molecule has 0 unspecified atom stereocenters. The van der Waals surface area contributed by atoms with E-state index in [-0.39, 0.29) is 33.9 Å². The van der Waals surface area contributed by atoms with E-state index in [1.807, 2.05) is 13.0 Å². The number of hydrogen-bond donors (Lipinski definition) is 1. The van der Waals surface area contributed by atoms with Crippen molar-refractivity contribution in [3.8, 4) is 6.07 Å². The summed E-state index contributed by atoms with van der Waals surface area (Å²) in [6, 6.07) is 6.00. The largest absolute Gasteiger partial charge is 0.314 e. The molecule has 110 valence electrons. The van der Waals surface area contributed by atoms with Crippen LogP contribution in [-0.2, 0) is 10.0 Å². The highest BCUT2D eigenvalue weighted by Gasteiger charge is 2.31. The predicted octanol–water partition coefficient (Wildman–Crippen LogP) is 1.62. The van der Waals surface area contributed by atoms with Crippen LogP contribution in [0.15, 0.2) is 23.1 Å². The first kappa shape index (κ1) is 17.2. The molecule has 0 aliphatic carbocycles. The molecule has 2 rings (SSSR count). The third-order valence-electron chi connectivity index (χ3n) is 3.11. The van der Waals surface area contributed by atoms with Gasteiger partial charge in [-0.2, -0.15) is 9.57 Å². The Morgan fingerprint density at radius 2 is 2.20 bits per heavy atom. The number of piperazine rings is 1. The minimum atomic E-state index is -3.56. The maximum atomic E-state index is 12.5. The number of nitrogens with one attached hydrogen (secondary N) is 1. The normalized spacial score (nSPS) is 19.9. The number of sulfonamides is 1. The molecule has 8 heteroatoms. The summed E-state index contributed by atoms with van der Waals surface area (Å²) in [7, 11) is -3.56. The molecular weight excluding hydrogens is 321 g/mol. The lowest BCUT2D eigenvalue weighted by Crippen LogP contribution is -2.52. The Balaban J connectivity index is 0.00000200. The summed E-state index contributed by atoms with van der Waals surface area (Å²) in [5, 5.41) is 12.1. The number of nitriles is 1. The second-order valence-corrected chi connectivity index (χ2v) is 6.72. The van der Waals surface area contributed by atoms with Gasteiger partial charge in [-0.1, -0.05) is 11.6 Å². The maximum absolute atomic E-state index is 12.5. The topological polar surface area (TPSA) is 73.2 Å². The maximum Gasteiger partial charge on any atom is 0.243 e. The molecule has 0 spiro atoms. The van der Waals surface area contributed by atoms with Gasteiger partial charge in [-0.05, 0) is 25.1 Å². The van der Waals surface area contributed by atoms with Crippen molar-refractivity contribution in [1.82, 2.24) is 9.62 Å².